The third-order valence-electron chi connectivity index (χ3n) is 8.52. The van der Waals surface area contributed by atoms with Gasteiger partial charge in [0.25, 0.3) is 11.8 Å². The van der Waals surface area contributed by atoms with E-state index in [9.17, 15) is 19.8 Å². The zero-order valence-electron chi connectivity index (χ0n) is 31.8. The number of nitrogens with zero attached hydrogens (tertiary/aromatic N) is 8. The minimum Gasteiger partial charge on any atom is -0.860 e. The van der Waals surface area contributed by atoms with E-state index >= 15 is 0 Å². The molecule has 2 aromatic carbocycles. The molecule has 2 amide bonds. The Labute approximate surface area is 330 Å². The summed E-state index contributed by atoms with van der Waals surface area (Å²) < 4.78 is 12.1. The number of nitrogens with one attached hydrogen (secondary N) is 2. The molecule has 2 unspecified atom stereocenters. The fourth-order valence-corrected chi connectivity index (χ4v) is 5.49. The number of aliphatic imine (C=N–C) groups is 2. The minimum atomic E-state index is -1.46. The molecule has 5 rings (SSSR count). The van der Waals surface area contributed by atoms with Crippen LogP contribution in [0.15, 0.2) is 70.9 Å². The van der Waals surface area contributed by atoms with Gasteiger partial charge in [-0.1, -0.05) is 24.3 Å². The Morgan fingerprint density at radius 1 is 0.636 bits per heavy atom. The van der Waals surface area contributed by atoms with Crippen LogP contribution in [0.3, 0.4) is 0 Å². The maximum Gasteiger partial charge on any atom is 0.271 e. The van der Waals surface area contributed by atoms with E-state index in [1.54, 1.807) is 53.7 Å². The van der Waals surface area contributed by atoms with Gasteiger partial charge in [-0.3, -0.25) is 29.5 Å². The molecule has 1 aliphatic rings. The summed E-state index contributed by atoms with van der Waals surface area (Å²) in [4.78, 5) is 51.7. The van der Waals surface area contributed by atoms with Gasteiger partial charge in [0.15, 0.2) is 0 Å². The summed E-state index contributed by atoms with van der Waals surface area (Å²) in [5.41, 5.74) is -2.00. The number of benzene rings is 2. The van der Waals surface area contributed by atoms with Crippen LogP contribution in [0.5, 0.6) is 0 Å². The Balaban J connectivity index is 0.00000673. The molecule has 2 aromatic heterocycles. The maximum atomic E-state index is 13.7. The Morgan fingerprint density at radius 2 is 1.00 bits per heavy atom. The Bertz CT molecular complexity index is 1890. The third kappa shape index (κ3) is 11.7. The predicted molar refractivity (Wildman–Crippen MR) is 202 cm³/mol. The zero-order valence-corrected chi connectivity index (χ0v) is 32.8. The van der Waals surface area contributed by atoms with Gasteiger partial charge in [0.1, 0.15) is 11.4 Å². The van der Waals surface area contributed by atoms with E-state index in [0.717, 1.165) is 0 Å². The number of carbonyl (C=O) groups is 2. The first-order valence-electron chi connectivity index (χ1n) is 17.7. The fourth-order valence-electron chi connectivity index (χ4n) is 5.49. The summed E-state index contributed by atoms with van der Waals surface area (Å²) in [5, 5.41) is 42.1. The zero-order chi connectivity index (χ0) is 39.0. The van der Waals surface area contributed by atoms with Gasteiger partial charge in [0, 0.05) is 40.7 Å². The SMILES string of the molecule is CC1(C)C[N-]CC(C)(OCCNC(=O)c2cnc3ccccc3n2)C([O-])=NC(C)(C)C[N-]CC(C)(OCCNC(=O)c2cnc3ccccc3n2)C([O-])=N1.[Ni]. The number of aromatic nitrogens is 4. The molecule has 0 fully saturated rings. The van der Waals surface area contributed by atoms with Crippen molar-refractivity contribution in [3.63, 3.8) is 0 Å². The normalized spacial score (nSPS) is 21.7. The van der Waals surface area contributed by atoms with Gasteiger partial charge in [-0.15, -0.1) is 26.2 Å². The Hall–Kier alpha value is -4.67. The van der Waals surface area contributed by atoms with E-state index in [1.165, 1.54) is 12.4 Å². The van der Waals surface area contributed by atoms with Gasteiger partial charge in [-0.25, -0.2) is 9.97 Å². The summed E-state index contributed by atoms with van der Waals surface area (Å²) >= 11 is 0. The molecule has 0 saturated heterocycles. The number of fused-ring (bicyclic) bond motifs is 2. The summed E-state index contributed by atoms with van der Waals surface area (Å²) in [7, 11) is 0. The van der Waals surface area contributed by atoms with Gasteiger partial charge in [0.2, 0.25) is 0 Å². The van der Waals surface area contributed by atoms with Crippen LogP contribution < -0.4 is 20.8 Å². The first-order valence-corrected chi connectivity index (χ1v) is 17.7. The fraction of sp³-hybridized carbons (Fsp3) is 0.474. The number of hydrogen-bond donors (Lipinski definition) is 2. The molecule has 17 heteroatoms. The first kappa shape index (κ1) is 43.1. The van der Waals surface area contributed by atoms with E-state index in [1.807, 2.05) is 36.4 Å². The molecule has 4 aromatic rings. The van der Waals surface area contributed by atoms with Crippen molar-refractivity contribution < 1.29 is 45.8 Å². The first-order chi connectivity index (χ1) is 25.6. The summed E-state index contributed by atoms with van der Waals surface area (Å²) in [6, 6.07) is 14.5. The quantitative estimate of drug-likeness (QED) is 0.176. The second-order valence-corrected chi connectivity index (χ2v) is 14.7. The van der Waals surface area contributed by atoms with Crippen molar-refractivity contribution in [1.29, 1.82) is 0 Å². The van der Waals surface area contributed by atoms with Crippen LogP contribution in [0.1, 0.15) is 62.5 Å². The van der Waals surface area contributed by atoms with Crippen LogP contribution in [0.2, 0.25) is 0 Å². The van der Waals surface area contributed by atoms with Gasteiger partial charge in [-0.05, 0) is 77.6 Å². The molecule has 3 heterocycles. The standard InChI is InChI=1S/C38H48N10O6.Ni/c1-35(2)21-39-23-38(6,54-18-16-42-32(50)30-20-44-26-12-8-10-14-28(26)46-30)34(52)48-36(3,4)22-40-24-37(5,33(51)47-35)53-17-15-41-31(49)29-19-43-25-11-7-9-13-27(25)45-29;/h7-14,19-20H,15-18,21-24H2,1-6H3,(H,41,49)(H,42,50)(H,47,51)(H,48,52);/q-2;/p-2. The average molecular weight is 798 g/mol. The van der Waals surface area contributed by atoms with Crippen LogP contribution in [0.25, 0.3) is 32.7 Å². The summed E-state index contributed by atoms with van der Waals surface area (Å²) in [5.74, 6) is -1.93. The van der Waals surface area contributed by atoms with Crippen LogP contribution in [-0.2, 0) is 26.0 Å². The molecule has 1 aliphatic heterocycles. The molecule has 55 heavy (non-hydrogen) atoms. The van der Waals surface area contributed by atoms with Crippen LogP contribution in [-0.4, -0.2) is 118 Å². The molecule has 2 atom stereocenters. The number of ether oxygens (including phenoxy) is 2. The van der Waals surface area contributed by atoms with Crippen molar-refractivity contribution in [2.45, 2.75) is 63.8 Å². The molecule has 0 bridgehead atoms. The van der Waals surface area contributed by atoms with Gasteiger partial charge < -0.3 is 41.0 Å². The van der Waals surface area contributed by atoms with E-state index < -0.39 is 45.9 Å². The molecule has 16 nitrogen and oxygen atoms in total. The topological polar surface area (TPSA) is 227 Å². The minimum absolute atomic E-state index is 0. The molecule has 0 saturated carbocycles. The van der Waals surface area contributed by atoms with Crippen molar-refractivity contribution in [3.8, 4) is 0 Å². The van der Waals surface area contributed by atoms with Crippen LogP contribution in [0.4, 0.5) is 0 Å². The maximum absolute atomic E-state index is 13.7. The molecular weight excluding hydrogens is 751 g/mol. The second kappa shape index (κ2) is 18.3. The van der Waals surface area contributed by atoms with Crippen molar-refractivity contribution in [2.24, 2.45) is 9.98 Å². The van der Waals surface area contributed by atoms with E-state index in [0.29, 0.717) is 22.1 Å². The third-order valence-corrected chi connectivity index (χ3v) is 8.52. The number of carbonyl (C=O) groups excluding carboxylic acids is 2. The van der Waals surface area contributed by atoms with Crippen molar-refractivity contribution >= 4 is 45.7 Å². The summed E-state index contributed by atoms with van der Waals surface area (Å²) in [6.07, 6.45) is 2.81. The van der Waals surface area contributed by atoms with Gasteiger partial charge in [-0.2, -0.15) is 0 Å². The van der Waals surface area contributed by atoms with Gasteiger partial charge in [0.05, 0.1) is 58.9 Å². The van der Waals surface area contributed by atoms with Crippen LogP contribution >= 0.6 is 0 Å². The number of hydrogen-bond acceptors (Lipinski definition) is 12. The predicted octanol–water partition coefficient (Wildman–Crippen LogP) is 2.12. The van der Waals surface area contributed by atoms with E-state index in [-0.39, 0.29) is 80.4 Å². The molecule has 0 aliphatic carbocycles. The Morgan fingerprint density at radius 3 is 1.38 bits per heavy atom. The van der Waals surface area contributed by atoms with Crippen molar-refractivity contribution in [2.75, 3.05) is 52.5 Å². The molecular formula is C38H46N10NiO6-4. The molecule has 0 spiro atoms. The van der Waals surface area contributed by atoms with Gasteiger partial charge >= 0.3 is 0 Å². The monoisotopic (exact) mass is 796 g/mol. The van der Waals surface area contributed by atoms with Crippen LogP contribution in [0, 0.1) is 0 Å². The molecule has 2 N–H and O–H groups in total. The van der Waals surface area contributed by atoms with E-state index in [4.69, 9.17) is 9.47 Å². The average Bonchev–Trinajstić information content (AvgIpc) is 3.13. The largest absolute Gasteiger partial charge is 0.860 e. The van der Waals surface area contributed by atoms with E-state index in [2.05, 4.69) is 51.2 Å². The number of rotatable bonds is 10. The number of amides is 2. The summed E-state index contributed by atoms with van der Waals surface area (Å²) in [6.45, 7) is 10.4. The molecule has 0 radical (unpaired) electrons. The smallest absolute Gasteiger partial charge is 0.271 e. The van der Waals surface area contributed by atoms with Crippen molar-refractivity contribution in [3.05, 3.63) is 82.9 Å². The van der Waals surface area contributed by atoms with Crippen molar-refractivity contribution in [1.82, 2.24) is 30.6 Å². The number of para-hydroxylation sites is 4. The molecule has 298 valence electrons. The second-order valence-electron chi connectivity index (χ2n) is 14.7. The Kier molecular flexibility index (Phi) is 14.3.